The van der Waals surface area contributed by atoms with Crippen molar-refractivity contribution in [1.82, 2.24) is 9.55 Å². The van der Waals surface area contributed by atoms with Gasteiger partial charge in [0.2, 0.25) is 0 Å². The molecule has 2 heterocycles. The largest absolute Gasteiger partial charge is 1.00 e. The molecule has 2 rings (SSSR count). The molecule has 3 N–H and O–H groups in total. The fraction of sp³-hybridized carbons (Fsp3) is 0.429. The molecule has 0 aliphatic carbocycles. The minimum atomic E-state index is -4.79. The minimum Gasteiger partial charge on any atom is -0.731 e. The molecule has 1 aliphatic rings. The second-order valence-corrected chi connectivity index (χ2v) is 5.54. The summed E-state index contributed by atoms with van der Waals surface area (Å²) in [5.41, 5.74) is 4.33. The SMILES string of the molecule is Nc1nc2n(c(=O)c1NS(=O)(=O)[O-])CCCS2.[Na+]. The molecule has 0 amide bonds. The Bertz CT molecular complexity index is 615. The molecule has 0 fully saturated rings. The number of hydrogen-bond donors (Lipinski definition) is 2. The van der Waals surface area contributed by atoms with Crippen molar-refractivity contribution in [2.75, 3.05) is 16.2 Å². The van der Waals surface area contributed by atoms with Crippen LogP contribution in [0.15, 0.2) is 9.95 Å². The van der Waals surface area contributed by atoms with Gasteiger partial charge in [-0.15, -0.1) is 0 Å². The van der Waals surface area contributed by atoms with Crippen LogP contribution in [0.1, 0.15) is 6.42 Å². The zero-order chi connectivity index (χ0) is 12.6. The molecule has 11 heteroatoms. The van der Waals surface area contributed by atoms with Crippen molar-refractivity contribution in [3.05, 3.63) is 10.4 Å². The fourth-order valence-corrected chi connectivity index (χ4v) is 2.86. The number of thioether (sulfide) groups is 1. The van der Waals surface area contributed by atoms with Crippen molar-refractivity contribution in [2.45, 2.75) is 18.1 Å². The molecule has 8 nitrogen and oxygen atoms in total. The third-order valence-corrected chi connectivity index (χ3v) is 3.66. The summed E-state index contributed by atoms with van der Waals surface area (Å²) in [6, 6.07) is 0. The fourth-order valence-electron chi connectivity index (χ4n) is 1.47. The molecule has 0 saturated carbocycles. The molecule has 1 aromatic rings. The molecule has 1 aliphatic heterocycles. The van der Waals surface area contributed by atoms with E-state index in [2.05, 4.69) is 4.98 Å². The minimum absolute atomic E-state index is 0. The van der Waals surface area contributed by atoms with Gasteiger partial charge in [-0.05, 0) is 6.42 Å². The van der Waals surface area contributed by atoms with Crippen LogP contribution in [0.25, 0.3) is 0 Å². The predicted molar refractivity (Wildman–Crippen MR) is 61.6 cm³/mol. The summed E-state index contributed by atoms with van der Waals surface area (Å²) in [7, 11) is -4.79. The number of nitrogens with one attached hydrogen (secondary N) is 1. The third-order valence-electron chi connectivity index (χ3n) is 2.15. The first kappa shape index (κ1) is 15.8. The van der Waals surface area contributed by atoms with Crippen LogP contribution in [0, 0.1) is 0 Å². The van der Waals surface area contributed by atoms with E-state index in [9.17, 15) is 17.8 Å². The molecule has 0 aromatic carbocycles. The summed E-state index contributed by atoms with van der Waals surface area (Å²) in [5.74, 6) is 0.536. The summed E-state index contributed by atoms with van der Waals surface area (Å²) in [4.78, 5) is 15.8. The topological polar surface area (TPSA) is 130 Å². The second-order valence-electron chi connectivity index (χ2n) is 3.37. The Morgan fingerprint density at radius 3 is 2.78 bits per heavy atom. The molecule has 1 aromatic heterocycles. The molecule has 0 unspecified atom stereocenters. The van der Waals surface area contributed by atoms with Crippen LogP contribution in [-0.4, -0.2) is 28.3 Å². The maximum absolute atomic E-state index is 11.9. The number of aromatic nitrogens is 2. The zero-order valence-electron chi connectivity index (χ0n) is 9.54. The maximum Gasteiger partial charge on any atom is 1.00 e. The van der Waals surface area contributed by atoms with Gasteiger partial charge in [0, 0.05) is 12.3 Å². The van der Waals surface area contributed by atoms with Gasteiger partial charge in [-0.25, -0.2) is 13.4 Å². The number of anilines is 2. The number of hydrogen-bond acceptors (Lipinski definition) is 7. The van der Waals surface area contributed by atoms with E-state index in [1.54, 1.807) is 4.72 Å². The molecular formula is C7H9N4NaO4S2. The van der Waals surface area contributed by atoms with Gasteiger partial charge in [0.1, 0.15) is 0 Å². The van der Waals surface area contributed by atoms with Crippen LogP contribution in [0.3, 0.4) is 0 Å². The van der Waals surface area contributed by atoms with Crippen LogP contribution in [-0.2, 0) is 16.8 Å². The molecule has 0 atom stereocenters. The first-order chi connectivity index (χ1) is 7.88. The molecule has 0 bridgehead atoms. The van der Waals surface area contributed by atoms with Crippen LogP contribution >= 0.6 is 11.8 Å². The van der Waals surface area contributed by atoms with E-state index >= 15 is 0 Å². The van der Waals surface area contributed by atoms with Crippen molar-refractivity contribution in [2.24, 2.45) is 0 Å². The van der Waals surface area contributed by atoms with Crippen molar-refractivity contribution < 1.29 is 42.5 Å². The van der Waals surface area contributed by atoms with E-state index < -0.39 is 21.6 Å². The molecule has 0 spiro atoms. The number of rotatable bonds is 2. The van der Waals surface area contributed by atoms with Crippen molar-refractivity contribution in [3.8, 4) is 0 Å². The Morgan fingerprint density at radius 1 is 1.50 bits per heavy atom. The predicted octanol–water partition coefficient (Wildman–Crippen LogP) is -3.80. The van der Waals surface area contributed by atoms with Crippen molar-refractivity contribution in [1.29, 1.82) is 0 Å². The Hall–Kier alpha value is -0.260. The quantitative estimate of drug-likeness (QED) is 0.325. The summed E-state index contributed by atoms with van der Waals surface area (Å²) in [6.07, 6.45) is 0.771. The molecule has 94 valence electrons. The van der Waals surface area contributed by atoms with Crippen molar-refractivity contribution in [3.63, 3.8) is 0 Å². The monoisotopic (exact) mass is 300 g/mol. The number of nitrogen functional groups attached to an aromatic ring is 1. The van der Waals surface area contributed by atoms with Gasteiger partial charge >= 0.3 is 29.6 Å². The Kier molecular flexibility index (Phi) is 5.09. The smallest absolute Gasteiger partial charge is 0.731 e. The third kappa shape index (κ3) is 3.39. The number of nitrogens with two attached hydrogens (primary N) is 1. The van der Waals surface area contributed by atoms with Gasteiger partial charge in [-0.2, -0.15) is 0 Å². The van der Waals surface area contributed by atoms with E-state index in [1.807, 2.05) is 0 Å². The Labute approximate surface area is 130 Å². The number of fused-ring (bicyclic) bond motifs is 1. The van der Waals surface area contributed by atoms with Gasteiger partial charge in [0.15, 0.2) is 27.0 Å². The molecular weight excluding hydrogens is 291 g/mol. The van der Waals surface area contributed by atoms with Gasteiger partial charge in [-0.3, -0.25) is 14.1 Å². The van der Waals surface area contributed by atoms with Crippen molar-refractivity contribution >= 4 is 33.6 Å². The summed E-state index contributed by atoms with van der Waals surface area (Å²) < 4.78 is 34.6. The van der Waals surface area contributed by atoms with Gasteiger partial charge in [0.05, 0.1) is 0 Å². The first-order valence-electron chi connectivity index (χ1n) is 4.65. The first-order valence-corrected chi connectivity index (χ1v) is 7.04. The summed E-state index contributed by atoms with van der Waals surface area (Å²) in [6.45, 7) is 0.433. The average molecular weight is 300 g/mol. The Morgan fingerprint density at radius 2 is 2.17 bits per heavy atom. The number of nitrogens with zero attached hydrogens (tertiary/aromatic N) is 2. The van der Waals surface area contributed by atoms with E-state index in [0.717, 1.165) is 12.2 Å². The second kappa shape index (κ2) is 5.80. The van der Waals surface area contributed by atoms with Gasteiger partial charge in [-0.1, -0.05) is 11.8 Å². The average Bonchev–Trinajstić information content (AvgIpc) is 2.23. The van der Waals surface area contributed by atoms with Crippen LogP contribution in [0.5, 0.6) is 0 Å². The molecule has 0 radical (unpaired) electrons. The van der Waals surface area contributed by atoms with E-state index in [1.165, 1.54) is 16.3 Å². The van der Waals surface area contributed by atoms with Crippen LogP contribution < -0.4 is 45.6 Å². The van der Waals surface area contributed by atoms with E-state index in [0.29, 0.717) is 11.7 Å². The summed E-state index contributed by atoms with van der Waals surface area (Å²) in [5, 5.41) is 0.438. The Balaban J connectivity index is 0.00000162. The maximum atomic E-state index is 11.9. The van der Waals surface area contributed by atoms with Crippen LogP contribution in [0.4, 0.5) is 11.5 Å². The van der Waals surface area contributed by atoms with Gasteiger partial charge in [0.25, 0.3) is 5.56 Å². The van der Waals surface area contributed by atoms with Crippen LogP contribution in [0.2, 0.25) is 0 Å². The van der Waals surface area contributed by atoms with Gasteiger partial charge < -0.3 is 10.3 Å². The molecule has 0 saturated heterocycles. The zero-order valence-corrected chi connectivity index (χ0v) is 13.2. The molecule has 18 heavy (non-hydrogen) atoms. The summed E-state index contributed by atoms with van der Waals surface area (Å²) >= 11 is 1.36. The normalized spacial score (nSPS) is 14.5. The van der Waals surface area contributed by atoms with E-state index in [-0.39, 0.29) is 35.4 Å². The standard InChI is InChI=1S/C7H10N4O4S2.Na/c8-5-4(10-17(13,14)15)6(12)11-2-1-3-16-7(11)9-5;/h10H,1-3,8H2,(H,13,14,15);/q;+1/p-1. The van der Waals surface area contributed by atoms with E-state index in [4.69, 9.17) is 5.73 Å².